The predicted molar refractivity (Wildman–Crippen MR) is 136 cm³/mol. The average molecular weight is 560 g/mol. The summed E-state index contributed by atoms with van der Waals surface area (Å²) >= 11 is -4.97. The molecule has 2 nitrogen and oxygen atoms in total. The largest absolute Gasteiger partial charge is 0.147 e. The van der Waals surface area contributed by atoms with Crippen molar-refractivity contribution in [3.8, 4) is 11.1 Å². The number of hydrogen-bond acceptors (Lipinski definition) is 2. The summed E-state index contributed by atoms with van der Waals surface area (Å²) in [5.74, 6) is 0. The third-order valence-corrected chi connectivity index (χ3v) is 41.5. The Morgan fingerprint density at radius 2 is 1.43 bits per heavy atom. The zero-order valence-electron chi connectivity index (χ0n) is 18.5. The van der Waals surface area contributed by atoms with Crippen LogP contribution in [0, 0.1) is 0 Å². The number of hydrogen-bond donors (Lipinski definition) is 0. The van der Waals surface area contributed by atoms with Crippen molar-refractivity contribution in [1.82, 2.24) is 0 Å². The standard InChI is InChI=1S/C13H9.C5H5.C3H9OSi.CH3O.CH3.2ClH.H2Si.Zr/c1-3-7-12-10(5-1)9-11-6-2-4-8-13(11)12;1-2-4-5-3-1;1-5(2,3)4;1-2;;;;;/h1-9H;1-3H,4H2;1-3H3;1H3;1H3;2*1H;1H2;/q;;2*-1;;;;;+2. The maximum Gasteiger partial charge on any atom is -0.147 e. The minimum Gasteiger partial charge on any atom is -0.147 e. The van der Waals surface area contributed by atoms with Gasteiger partial charge in [-0.1, -0.05) is 0 Å². The molecule has 163 valence electrons. The van der Waals surface area contributed by atoms with Crippen molar-refractivity contribution in [2.75, 3.05) is 7.11 Å². The van der Waals surface area contributed by atoms with Gasteiger partial charge in [0.1, 0.15) is 0 Å². The third-order valence-electron chi connectivity index (χ3n) is 6.76. The Labute approximate surface area is 194 Å². The second-order valence-corrected chi connectivity index (χ2v) is 45.0. The molecule has 0 N–H and O–H groups in total. The van der Waals surface area contributed by atoms with E-state index in [4.69, 9.17) is 5.32 Å². The van der Waals surface area contributed by atoms with E-state index in [1.165, 1.54) is 25.5 Å². The normalized spacial score (nSPS) is 17.7. The Kier molecular flexibility index (Phi) is 6.89. The van der Waals surface area contributed by atoms with E-state index in [9.17, 15) is 0 Å². The van der Waals surface area contributed by atoms with Gasteiger partial charge < -0.3 is 0 Å². The zero-order valence-corrected chi connectivity index (χ0v) is 25.0. The van der Waals surface area contributed by atoms with Crippen molar-refractivity contribution in [1.29, 1.82) is 0 Å². The maximum absolute atomic E-state index is 7.45. The van der Waals surface area contributed by atoms with Crippen LogP contribution in [-0.2, 0) is 22.1 Å². The van der Waals surface area contributed by atoms with Crippen molar-refractivity contribution in [3.63, 3.8) is 0 Å². The molecule has 0 spiro atoms. The minimum absolute atomic E-state index is 0. The van der Waals surface area contributed by atoms with Crippen LogP contribution in [0.5, 0.6) is 0 Å². The van der Waals surface area contributed by atoms with Crippen molar-refractivity contribution < 1.29 is 22.1 Å². The Hall–Kier alpha value is -0.263. The van der Waals surface area contributed by atoms with Crippen LogP contribution in [0.1, 0.15) is 21.2 Å². The SMILES string of the molecule is C[O][Zr]([CH3])(=[SiH2])([O][Si](C)(C)C)([C]1=CC=CC1)[CH]1c2ccccc2-c2ccccc21.Cl.Cl. The van der Waals surface area contributed by atoms with E-state index in [0.717, 1.165) is 6.42 Å². The van der Waals surface area contributed by atoms with Gasteiger partial charge in [-0.2, -0.15) is 0 Å². The van der Waals surface area contributed by atoms with Gasteiger partial charge in [0, 0.05) is 0 Å². The summed E-state index contributed by atoms with van der Waals surface area (Å²) in [5.41, 5.74) is 5.40. The van der Waals surface area contributed by atoms with E-state index < -0.39 is 25.1 Å². The average Bonchev–Trinajstić information content (AvgIpc) is 3.28. The number of benzene rings is 2. The van der Waals surface area contributed by atoms with Gasteiger partial charge in [-0.05, 0) is 0 Å². The first-order valence-electron chi connectivity index (χ1n) is 10.1. The number of fused-ring (bicyclic) bond motifs is 3. The monoisotopic (exact) mass is 557 g/mol. The molecule has 0 unspecified atom stereocenters. The summed E-state index contributed by atoms with van der Waals surface area (Å²) in [6.45, 7) is 8.99. The Bertz CT molecular complexity index is 1090. The predicted octanol–water partition coefficient (Wildman–Crippen LogP) is 6.59. The van der Waals surface area contributed by atoms with E-state index in [1.807, 2.05) is 7.11 Å². The number of rotatable bonds is 5. The zero-order chi connectivity index (χ0) is 20.3. The van der Waals surface area contributed by atoms with Gasteiger partial charge >= 0.3 is 171 Å². The van der Waals surface area contributed by atoms with E-state index in [2.05, 4.69) is 97.9 Å². The summed E-state index contributed by atoms with van der Waals surface area (Å²) in [7, 11) is -0.0226. The van der Waals surface area contributed by atoms with Gasteiger partial charge in [-0.25, -0.2) is 0 Å². The molecule has 0 atom stereocenters. The molecule has 0 bridgehead atoms. The summed E-state index contributed by atoms with van der Waals surface area (Å²) in [6, 6.07) is 17.7. The molecule has 0 saturated heterocycles. The molecular weight excluding hydrogens is 527 g/mol. The van der Waals surface area contributed by atoms with Crippen LogP contribution in [0.4, 0.5) is 0 Å². The maximum atomic E-state index is 7.45. The molecule has 0 saturated carbocycles. The Morgan fingerprint density at radius 3 is 1.83 bits per heavy atom. The van der Waals surface area contributed by atoms with Gasteiger partial charge in [0.15, 0.2) is 0 Å². The molecule has 2 aliphatic rings. The fourth-order valence-electron chi connectivity index (χ4n) is 5.70. The topological polar surface area (TPSA) is 18.5 Å². The second-order valence-electron chi connectivity index (χ2n) is 9.99. The van der Waals surface area contributed by atoms with Gasteiger partial charge in [0.25, 0.3) is 0 Å². The first kappa shape index (κ1) is 26.0. The number of halogens is 2. The van der Waals surface area contributed by atoms with E-state index in [0.29, 0.717) is 0 Å². The molecule has 7 heteroatoms. The molecule has 4 rings (SSSR count). The summed E-state index contributed by atoms with van der Waals surface area (Å²) in [4.78, 5) is 0. The van der Waals surface area contributed by atoms with Crippen LogP contribution >= 0.6 is 24.8 Å². The quantitative estimate of drug-likeness (QED) is 0.385. The minimum atomic E-state index is -4.97. The van der Waals surface area contributed by atoms with Crippen LogP contribution < -0.4 is 0 Å². The first-order chi connectivity index (χ1) is 13.0. The molecule has 0 aliphatic heterocycles. The Balaban J connectivity index is 0.00000160. The molecule has 0 amide bonds. The van der Waals surface area contributed by atoms with Gasteiger partial charge in [-0.3, -0.25) is 0 Å². The molecule has 2 aliphatic carbocycles. The van der Waals surface area contributed by atoms with Gasteiger partial charge in [-0.15, -0.1) is 24.8 Å². The number of allylic oxidation sites excluding steroid dienone is 4. The van der Waals surface area contributed by atoms with E-state index >= 15 is 0 Å². The molecule has 2 aromatic rings. The van der Waals surface area contributed by atoms with Crippen molar-refractivity contribution in [2.45, 2.75) is 34.3 Å². The molecular formula is C23H33Cl2O2Si2Zr. The fourth-order valence-corrected chi connectivity index (χ4v) is 48.0. The summed E-state index contributed by atoms with van der Waals surface area (Å²) < 4.78 is 18.3. The fraction of sp³-hybridized carbons (Fsp3) is 0.304. The van der Waals surface area contributed by atoms with Crippen LogP contribution in [0.2, 0.25) is 24.3 Å². The molecule has 0 radical (unpaired) electrons. The summed E-state index contributed by atoms with van der Waals surface area (Å²) in [5, 5.41) is 0. The van der Waals surface area contributed by atoms with Crippen molar-refractivity contribution in [3.05, 3.63) is 81.2 Å². The van der Waals surface area contributed by atoms with Gasteiger partial charge in [0.05, 0.1) is 0 Å². The molecule has 30 heavy (non-hydrogen) atoms. The first-order valence-corrected chi connectivity index (χ1v) is 26.6. The van der Waals surface area contributed by atoms with E-state index in [-0.39, 0.29) is 28.4 Å². The molecule has 0 aromatic heterocycles. The third kappa shape index (κ3) is 3.65. The van der Waals surface area contributed by atoms with Crippen molar-refractivity contribution >= 4 is 40.0 Å². The molecule has 0 fully saturated rings. The smallest absolute Gasteiger partial charge is 0.147 e. The van der Waals surface area contributed by atoms with Crippen LogP contribution in [0.3, 0.4) is 0 Å². The van der Waals surface area contributed by atoms with E-state index in [1.54, 1.807) is 0 Å². The second kappa shape index (κ2) is 7.95. The summed E-state index contributed by atoms with van der Waals surface area (Å²) in [6.07, 6.45) is 7.65. The Morgan fingerprint density at radius 1 is 0.933 bits per heavy atom. The molecule has 2 aromatic carbocycles. The van der Waals surface area contributed by atoms with Crippen LogP contribution in [0.25, 0.3) is 11.1 Å². The van der Waals surface area contributed by atoms with Crippen LogP contribution in [-0.4, -0.2) is 22.3 Å². The van der Waals surface area contributed by atoms with Gasteiger partial charge in [0.2, 0.25) is 0 Å². The van der Waals surface area contributed by atoms with Crippen LogP contribution in [0.15, 0.2) is 70.0 Å². The molecule has 0 heterocycles. The van der Waals surface area contributed by atoms with Crippen molar-refractivity contribution in [2.24, 2.45) is 0 Å².